The fourth-order valence-corrected chi connectivity index (χ4v) is 8.12. The van der Waals surface area contributed by atoms with Crippen LogP contribution in [-0.4, -0.2) is 41.1 Å². The van der Waals surface area contributed by atoms with Crippen LogP contribution in [-0.2, 0) is 23.9 Å². The molecule has 0 spiro atoms. The maximum atomic E-state index is 14.1. The van der Waals surface area contributed by atoms with Gasteiger partial charge in [0.1, 0.15) is 11.6 Å². The van der Waals surface area contributed by atoms with Crippen LogP contribution < -0.4 is 0 Å². The number of aliphatic hydroxyl groups is 1. The van der Waals surface area contributed by atoms with Gasteiger partial charge >= 0.3 is 5.97 Å². The predicted molar refractivity (Wildman–Crippen MR) is 137 cm³/mol. The maximum absolute atomic E-state index is 14.1. The van der Waals surface area contributed by atoms with E-state index in [1.165, 1.54) is 6.92 Å². The highest BCUT2D eigenvalue weighted by atomic mass is 16.6. The van der Waals surface area contributed by atoms with Gasteiger partial charge in [0.15, 0.2) is 5.79 Å². The number of fused-ring (bicyclic) bond motifs is 1. The average molecular weight is 503 g/mol. The molecule has 4 rings (SSSR count). The first-order valence-electron chi connectivity index (χ1n) is 14.0. The van der Waals surface area contributed by atoms with Crippen LogP contribution in [0.25, 0.3) is 0 Å². The van der Waals surface area contributed by atoms with Crippen LogP contribution >= 0.6 is 0 Å². The molecular formula is C30H46O6. The molecule has 0 radical (unpaired) electrons. The van der Waals surface area contributed by atoms with Crippen molar-refractivity contribution in [1.29, 1.82) is 0 Å². The normalized spacial score (nSPS) is 43.9. The molecule has 0 aromatic heterocycles. The predicted octanol–water partition coefficient (Wildman–Crippen LogP) is 5.12. The quantitative estimate of drug-likeness (QED) is 0.366. The Bertz CT molecular complexity index is 924. The van der Waals surface area contributed by atoms with Crippen LogP contribution in [0.15, 0.2) is 12.2 Å². The number of ether oxygens (including phenoxy) is 2. The van der Waals surface area contributed by atoms with E-state index >= 15 is 0 Å². The highest BCUT2D eigenvalue weighted by molar-refractivity contribution is 5.99. The molecule has 202 valence electrons. The van der Waals surface area contributed by atoms with Crippen molar-refractivity contribution in [3.63, 3.8) is 0 Å². The van der Waals surface area contributed by atoms with E-state index in [0.717, 1.165) is 12.8 Å². The van der Waals surface area contributed by atoms with E-state index in [2.05, 4.69) is 46.8 Å². The second-order valence-corrected chi connectivity index (χ2v) is 13.1. The minimum Gasteiger partial charge on any atom is -0.466 e. The van der Waals surface area contributed by atoms with Gasteiger partial charge in [-0.3, -0.25) is 14.4 Å². The average Bonchev–Trinajstić information content (AvgIpc) is 3.22. The number of carbonyl (C=O) groups excluding carboxylic acids is 3. The summed E-state index contributed by atoms with van der Waals surface area (Å²) < 4.78 is 11.5. The van der Waals surface area contributed by atoms with E-state index in [1.807, 2.05) is 0 Å². The lowest BCUT2D eigenvalue weighted by molar-refractivity contribution is -0.324. The summed E-state index contributed by atoms with van der Waals surface area (Å²) >= 11 is 0. The van der Waals surface area contributed by atoms with Crippen molar-refractivity contribution in [2.75, 3.05) is 6.61 Å². The topological polar surface area (TPSA) is 89.9 Å². The summed E-state index contributed by atoms with van der Waals surface area (Å²) in [6.07, 6.45) is 8.16. The van der Waals surface area contributed by atoms with Crippen molar-refractivity contribution in [1.82, 2.24) is 0 Å². The Hall–Kier alpha value is -1.53. The van der Waals surface area contributed by atoms with E-state index in [1.54, 1.807) is 6.92 Å². The Morgan fingerprint density at radius 1 is 1.14 bits per heavy atom. The lowest BCUT2D eigenvalue weighted by Gasteiger charge is -2.50. The molecule has 2 bridgehead atoms. The van der Waals surface area contributed by atoms with E-state index in [-0.39, 0.29) is 59.8 Å². The molecule has 2 unspecified atom stereocenters. The number of allylic oxidation sites excluding steroid dienone is 2. The van der Waals surface area contributed by atoms with Crippen LogP contribution in [0.2, 0.25) is 0 Å². The summed E-state index contributed by atoms with van der Waals surface area (Å²) in [6, 6.07) is 0. The van der Waals surface area contributed by atoms with Gasteiger partial charge in [-0.05, 0) is 74.0 Å². The standard InChI is InChI=1S/C30H46O6/c1-17(2)18(3)8-9-19(4)22-10-11-23(28(22,6)14-15-35-20(5)31)25-26-24(32)16-21-12-13-29(7,27(25)33)30(26,34)36-21/h8-9,17-19,21-23,25-26,34H,10-16H2,1-7H3/b9-8+/t18-,19+,21?,22+,23-,25+,26+,28+,29+,30?/m0/s1. The zero-order valence-corrected chi connectivity index (χ0v) is 23.2. The highest BCUT2D eigenvalue weighted by Crippen LogP contribution is 2.66. The summed E-state index contributed by atoms with van der Waals surface area (Å²) in [5.41, 5.74) is -1.38. The third-order valence-corrected chi connectivity index (χ3v) is 10.8. The number of ketones is 2. The third kappa shape index (κ3) is 4.20. The Morgan fingerprint density at radius 3 is 2.47 bits per heavy atom. The Balaban J connectivity index is 1.69. The Morgan fingerprint density at radius 2 is 1.83 bits per heavy atom. The van der Waals surface area contributed by atoms with Gasteiger partial charge < -0.3 is 14.6 Å². The van der Waals surface area contributed by atoms with Gasteiger partial charge in [-0.2, -0.15) is 0 Å². The molecule has 4 aliphatic rings. The van der Waals surface area contributed by atoms with Crippen LogP contribution in [0.5, 0.6) is 0 Å². The maximum Gasteiger partial charge on any atom is 0.302 e. The Kier molecular flexibility index (Phi) is 7.37. The van der Waals surface area contributed by atoms with E-state index in [0.29, 0.717) is 31.1 Å². The zero-order chi connectivity index (χ0) is 26.6. The van der Waals surface area contributed by atoms with Gasteiger partial charge in [-0.15, -0.1) is 0 Å². The minimum absolute atomic E-state index is 0.00955. The second-order valence-electron chi connectivity index (χ2n) is 13.1. The number of rotatable bonds is 8. The number of carbonyl (C=O) groups is 3. The van der Waals surface area contributed by atoms with Gasteiger partial charge in [0, 0.05) is 19.3 Å². The first kappa shape index (κ1) is 27.5. The van der Waals surface area contributed by atoms with Crippen LogP contribution in [0, 0.1) is 52.3 Å². The second kappa shape index (κ2) is 9.65. The van der Waals surface area contributed by atoms with Gasteiger partial charge in [0.25, 0.3) is 0 Å². The first-order chi connectivity index (χ1) is 16.8. The molecule has 10 atom stereocenters. The van der Waals surface area contributed by atoms with Crippen molar-refractivity contribution in [2.45, 2.75) is 98.9 Å². The number of Topliss-reactive ketones (excluding diaryl/α,β-unsaturated/α-hetero) is 2. The SMILES string of the molecule is CC(=O)OCC[C@]1(C)[C@@H]([C@H](C)/C=C/[C@H](C)C(C)C)CC[C@H]1[C@H]1C(=O)[C@@]2(C)CCC3CC(=O)[C@H]1C2(O)O3. The molecular weight excluding hydrogens is 456 g/mol. The molecule has 2 saturated carbocycles. The molecule has 2 aliphatic heterocycles. The van der Waals surface area contributed by atoms with Crippen molar-refractivity contribution in [3.8, 4) is 0 Å². The number of hydrogen-bond acceptors (Lipinski definition) is 6. The largest absolute Gasteiger partial charge is 0.466 e. The molecule has 0 aromatic carbocycles. The smallest absolute Gasteiger partial charge is 0.302 e. The van der Waals surface area contributed by atoms with Crippen LogP contribution in [0.3, 0.4) is 0 Å². The molecule has 6 heteroatoms. The van der Waals surface area contributed by atoms with E-state index in [4.69, 9.17) is 9.47 Å². The molecule has 2 saturated heterocycles. The first-order valence-corrected chi connectivity index (χ1v) is 14.0. The number of esters is 1. The molecule has 0 aromatic rings. The van der Waals surface area contributed by atoms with Gasteiger partial charge in [0.05, 0.1) is 24.0 Å². The van der Waals surface area contributed by atoms with Crippen molar-refractivity contribution in [2.24, 2.45) is 52.3 Å². The van der Waals surface area contributed by atoms with Gasteiger partial charge in [0.2, 0.25) is 0 Å². The third-order valence-electron chi connectivity index (χ3n) is 10.8. The molecule has 4 fully saturated rings. The summed E-state index contributed by atoms with van der Waals surface area (Å²) in [5, 5.41) is 11.8. The molecule has 2 aliphatic carbocycles. The van der Waals surface area contributed by atoms with Crippen molar-refractivity contribution < 1.29 is 29.0 Å². The van der Waals surface area contributed by atoms with Crippen molar-refractivity contribution >= 4 is 17.5 Å². The highest BCUT2D eigenvalue weighted by Gasteiger charge is 2.75. The lowest BCUT2D eigenvalue weighted by Crippen LogP contribution is -2.61. The summed E-state index contributed by atoms with van der Waals surface area (Å²) in [4.78, 5) is 39.1. The monoisotopic (exact) mass is 502 g/mol. The summed E-state index contributed by atoms with van der Waals surface area (Å²) in [6.45, 7) is 14.6. The molecule has 0 amide bonds. The van der Waals surface area contributed by atoms with Gasteiger partial charge in [-0.25, -0.2) is 0 Å². The van der Waals surface area contributed by atoms with Crippen molar-refractivity contribution in [3.05, 3.63) is 12.2 Å². The zero-order valence-electron chi connectivity index (χ0n) is 23.2. The summed E-state index contributed by atoms with van der Waals surface area (Å²) in [7, 11) is 0. The molecule has 36 heavy (non-hydrogen) atoms. The fourth-order valence-electron chi connectivity index (χ4n) is 8.12. The molecule has 6 nitrogen and oxygen atoms in total. The van der Waals surface area contributed by atoms with Crippen LogP contribution in [0.1, 0.15) is 87.0 Å². The summed E-state index contributed by atoms with van der Waals surface area (Å²) in [5.74, 6) is -1.93. The number of hydrogen-bond donors (Lipinski definition) is 1. The van der Waals surface area contributed by atoms with Crippen LogP contribution in [0.4, 0.5) is 0 Å². The van der Waals surface area contributed by atoms with E-state index in [9.17, 15) is 19.5 Å². The lowest BCUT2D eigenvalue weighted by atomic mass is 9.61. The minimum atomic E-state index is -1.71. The van der Waals surface area contributed by atoms with Gasteiger partial charge in [-0.1, -0.05) is 46.8 Å². The molecule has 1 N–H and O–H groups in total. The molecule has 2 heterocycles. The Labute approximate surface area is 216 Å². The van der Waals surface area contributed by atoms with E-state index < -0.39 is 23.0 Å². The fraction of sp³-hybridized carbons (Fsp3) is 0.833.